The third-order valence-electron chi connectivity index (χ3n) is 4.47. The van der Waals surface area contributed by atoms with Crippen molar-refractivity contribution in [1.29, 1.82) is 0 Å². The number of anilines is 2. The number of halogens is 1. The first kappa shape index (κ1) is 18.3. The second-order valence-electron chi connectivity index (χ2n) is 6.89. The fourth-order valence-corrected chi connectivity index (χ4v) is 3.19. The highest BCUT2D eigenvalue weighted by Gasteiger charge is 2.23. The van der Waals surface area contributed by atoms with E-state index in [9.17, 15) is 9.18 Å². The first-order valence-corrected chi connectivity index (χ1v) is 8.95. The summed E-state index contributed by atoms with van der Waals surface area (Å²) in [7, 11) is 0. The van der Waals surface area contributed by atoms with Crippen LogP contribution in [0.2, 0.25) is 0 Å². The van der Waals surface area contributed by atoms with Crippen molar-refractivity contribution in [3.8, 4) is 0 Å². The van der Waals surface area contributed by atoms with Crippen LogP contribution < -0.4 is 16.0 Å². The lowest BCUT2D eigenvalue weighted by molar-refractivity contribution is 0.102. The highest BCUT2D eigenvalue weighted by molar-refractivity contribution is 6.05. The van der Waals surface area contributed by atoms with Gasteiger partial charge in [0, 0.05) is 6.04 Å². The maximum atomic E-state index is 13.6. The lowest BCUT2D eigenvalue weighted by Crippen LogP contribution is -2.30. The Kier molecular flexibility index (Phi) is 5.51. The minimum atomic E-state index is -0.412. The Hall–Kier alpha value is -2.48. The van der Waals surface area contributed by atoms with Crippen molar-refractivity contribution in [2.75, 3.05) is 23.7 Å². The van der Waals surface area contributed by atoms with Gasteiger partial charge in [0.1, 0.15) is 5.82 Å². The Morgan fingerprint density at radius 2 is 2.04 bits per heavy atom. The third kappa shape index (κ3) is 4.01. The molecule has 140 valence electrons. The van der Waals surface area contributed by atoms with Crippen LogP contribution in [0.15, 0.2) is 18.2 Å². The molecule has 3 N–H and O–H groups in total. The van der Waals surface area contributed by atoms with Crippen molar-refractivity contribution < 1.29 is 9.18 Å². The summed E-state index contributed by atoms with van der Waals surface area (Å²) in [5, 5.41) is 17.5. The van der Waals surface area contributed by atoms with E-state index in [-0.39, 0.29) is 23.7 Å². The Morgan fingerprint density at radius 3 is 2.73 bits per heavy atom. The summed E-state index contributed by atoms with van der Waals surface area (Å²) < 4.78 is 15.5. The van der Waals surface area contributed by atoms with Crippen LogP contribution in [0.5, 0.6) is 0 Å². The van der Waals surface area contributed by atoms with Gasteiger partial charge >= 0.3 is 0 Å². The Labute approximate surface area is 152 Å². The number of carbonyl (C=O) groups is 1. The molecule has 2 heterocycles. The molecule has 3 rings (SSSR count). The van der Waals surface area contributed by atoms with Crippen LogP contribution in [-0.4, -0.2) is 40.0 Å². The summed E-state index contributed by atoms with van der Waals surface area (Å²) in [6.07, 6.45) is 1.91. The average molecular weight is 360 g/mol. The van der Waals surface area contributed by atoms with Crippen molar-refractivity contribution in [2.24, 2.45) is 0 Å². The Morgan fingerprint density at radius 1 is 1.31 bits per heavy atom. The van der Waals surface area contributed by atoms with Crippen molar-refractivity contribution >= 4 is 17.3 Å². The van der Waals surface area contributed by atoms with Crippen LogP contribution in [0.3, 0.4) is 0 Å². The molecular weight excluding hydrogens is 335 g/mol. The minimum Gasteiger partial charge on any atom is -0.381 e. The molecule has 7 nitrogen and oxygen atoms in total. The summed E-state index contributed by atoms with van der Waals surface area (Å²) in [6.45, 7) is 7.65. The standard InChI is InChI=1S/C18H25FN6O/c1-11(2)21-15-5-4-13(19)10-16(15)22-18(26)17-12(3)25(24-23-17)14-6-8-20-9-7-14/h4-5,10-11,14,20-21H,6-9H2,1-3H3,(H,22,26). The van der Waals surface area contributed by atoms with E-state index in [0.717, 1.165) is 31.6 Å². The SMILES string of the molecule is Cc1c(C(=O)Nc2cc(F)ccc2NC(C)C)nnn1C1CCNCC1. The number of benzene rings is 1. The van der Waals surface area contributed by atoms with E-state index >= 15 is 0 Å². The number of rotatable bonds is 5. The third-order valence-corrected chi connectivity index (χ3v) is 4.47. The first-order valence-electron chi connectivity index (χ1n) is 8.95. The smallest absolute Gasteiger partial charge is 0.278 e. The highest BCUT2D eigenvalue weighted by atomic mass is 19.1. The number of hydrogen-bond donors (Lipinski definition) is 3. The molecule has 8 heteroatoms. The van der Waals surface area contributed by atoms with E-state index in [1.54, 1.807) is 6.07 Å². The van der Waals surface area contributed by atoms with Gasteiger partial charge in [-0.3, -0.25) is 4.79 Å². The van der Waals surface area contributed by atoms with Crippen molar-refractivity contribution in [3.63, 3.8) is 0 Å². The summed E-state index contributed by atoms with van der Waals surface area (Å²) in [5.41, 5.74) is 2.05. The molecule has 1 aliphatic heterocycles. The zero-order valence-electron chi connectivity index (χ0n) is 15.3. The summed E-state index contributed by atoms with van der Waals surface area (Å²) >= 11 is 0. The molecule has 1 amide bonds. The van der Waals surface area contributed by atoms with Gasteiger partial charge in [-0.25, -0.2) is 9.07 Å². The summed E-state index contributed by atoms with van der Waals surface area (Å²) in [6, 6.07) is 4.67. The van der Waals surface area contributed by atoms with Gasteiger partial charge in [-0.15, -0.1) is 5.10 Å². The molecule has 0 unspecified atom stereocenters. The second kappa shape index (κ2) is 7.82. The first-order chi connectivity index (χ1) is 12.5. The molecule has 0 saturated carbocycles. The number of carbonyl (C=O) groups excluding carboxylic acids is 1. The monoisotopic (exact) mass is 360 g/mol. The molecule has 0 spiro atoms. The van der Waals surface area contributed by atoms with Crippen LogP contribution in [0.4, 0.5) is 15.8 Å². The van der Waals surface area contributed by atoms with E-state index < -0.39 is 5.82 Å². The molecule has 1 aromatic carbocycles. The Balaban J connectivity index is 1.80. The average Bonchev–Trinajstić information content (AvgIpc) is 2.99. The molecule has 0 radical (unpaired) electrons. The predicted octanol–water partition coefficient (Wildman–Crippen LogP) is 2.72. The summed E-state index contributed by atoms with van der Waals surface area (Å²) in [5.74, 6) is -0.801. The van der Waals surface area contributed by atoms with Crippen LogP contribution in [-0.2, 0) is 0 Å². The van der Waals surface area contributed by atoms with E-state index in [1.807, 2.05) is 25.5 Å². The van der Waals surface area contributed by atoms with Crippen molar-refractivity contribution in [1.82, 2.24) is 20.3 Å². The fraction of sp³-hybridized carbons (Fsp3) is 0.500. The predicted molar refractivity (Wildman–Crippen MR) is 99.0 cm³/mol. The van der Waals surface area contributed by atoms with Gasteiger partial charge in [0.25, 0.3) is 5.91 Å². The van der Waals surface area contributed by atoms with Gasteiger partial charge in [-0.1, -0.05) is 5.21 Å². The fourth-order valence-electron chi connectivity index (χ4n) is 3.19. The van der Waals surface area contributed by atoms with Gasteiger partial charge in [0.05, 0.1) is 23.1 Å². The highest BCUT2D eigenvalue weighted by Crippen LogP contribution is 2.25. The van der Waals surface area contributed by atoms with Gasteiger partial charge in [0.2, 0.25) is 0 Å². The maximum Gasteiger partial charge on any atom is 0.278 e. The van der Waals surface area contributed by atoms with Gasteiger partial charge in [-0.2, -0.15) is 0 Å². The van der Waals surface area contributed by atoms with Gasteiger partial charge in [0.15, 0.2) is 5.69 Å². The largest absolute Gasteiger partial charge is 0.381 e. The van der Waals surface area contributed by atoms with Crippen LogP contribution in [0.25, 0.3) is 0 Å². The van der Waals surface area contributed by atoms with Crippen molar-refractivity contribution in [3.05, 3.63) is 35.4 Å². The quantitative estimate of drug-likeness (QED) is 0.764. The number of hydrogen-bond acceptors (Lipinski definition) is 5. The van der Waals surface area contributed by atoms with Gasteiger partial charge in [-0.05, 0) is 64.9 Å². The number of amides is 1. The molecule has 26 heavy (non-hydrogen) atoms. The topological polar surface area (TPSA) is 83.9 Å². The van der Waals surface area contributed by atoms with Gasteiger partial charge < -0.3 is 16.0 Å². The maximum absolute atomic E-state index is 13.6. The van der Waals surface area contributed by atoms with E-state index in [4.69, 9.17) is 0 Å². The van der Waals surface area contributed by atoms with Crippen LogP contribution in [0, 0.1) is 12.7 Å². The number of nitrogens with one attached hydrogen (secondary N) is 3. The molecule has 1 aliphatic rings. The molecule has 1 saturated heterocycles. The zero-order valence-corrected chi connectivity index (χ0v) is 15.3. The second-order valence-corrected chi connectivity index (χ2v) is 6.89. The Bertz CT molecular complexity index is 782. The molecule has 0 aliphatic carbocycles. The molecule has 0 bridgehead atoms. The zero-order chi connectivity index (χ0) is 18.7. The molecule has 0 atom stereocenters. The molecule has 1 fully saturated rings. The van der Waals surface area contributed by atoms with E-state index in [0.29, 0.717) is 11.4 Å². The van der Waals surface area contributed by atoms with Crippen molar-refractivity contribution in [2.45, 2.75) is 45.7 Å². The van der Waals surface area contributed by atoms with E-state index in [2.05, 4.69) is 26.3 Å². The van der Waals surface area contributed by atoms with E-state index in [1.165, 1.54) is 12.1 Å². The lowest BCUT2D eigenvalue weighted by atomic mass is 10.1. The molecular formula is C18H25FN6O. The summed E-state index contributed by atoms with van der Waals surface area (Å²) in [4.78, 5) is 12.7. The normalized spacial score (nSPS) is 15.3. The number of piperidine rings is 1. The number of aromatic nitrogens is 3. The number of nitrogens with zero attached hydrogens (tertiary/aromatic N) is 3. The minimum absolute atomic E-state index is 0.152. The van der Waals surface area contributed by atoms with Crippen LogP contribution >= 0.6 is 0 Å². The molecule has 1 aromatic heterocycles. The lowest BCUT2D eigenvalue weighted by Gasteiger charge is -2.23. The van der Waals surface area contributed by atoms with Crippen LogP contribution in [0.1, 0.15) is 48.9 Å². The molecule has 2 aromatic rings.